The summed E-state index contributed by atoms with van der Waals surface area (Å²) in [5.74, 6) is 1.71. The van der Waals surface area contributed by atoms with Gasteiger partial charge in [-0.05, 0) is 31.6 Å². The molecule has 166 valence electrons. The second-order valence-electron chi connectivity index (χ2n) is 9.63. The fraction of sp³-hybridized carbons (Fsp3) is 0.880. The highest BCUT2D eigenvalue weighted by Gasteiger charge is 2.48. The summed E-state index contributed by atoms with van der Waals surface area (Å²) in [5.41, 5.74) is -0.321. The minimum Gasteiger partial charge on any atom is -0.300 e. The minimum absolute atomic E-state index is 0.189. The van der Waals surface area contributed by atoms with Gasteiger partial charge >= 0.3 is 0 Å². The van der Waals surface area contributed by atoms with Crippen molar-refractivity contribution in [2.24, 2.45) is 11.3 Å². The highest BCUT2D eigenvalue weighted by atomic mass is 16.2. The lowest BCUT2D eigenvalue weighted by molar-refractivity contribution is -0.135. The lowest BCUT2D eigenvalue weighted by atomic mass is 9.77. The molecule has 0 aromatic carbocycles. The van der Waals surface area contributed by atoms with Crippen molar-refractivity contribution in [1.82, 2.24) is 4.90 Å². The highest BCUT2D eigenvalue weighted by molar-refractivity contribution is 6.07. The average Bonchev–Trinajstić information content (AvgIpc) is 2.87. The van der Waals surface area contributed by atoms with E-state index in [-0.39, 0.29) is 11.3 Å². The van der Waals surface area contributed by atoms with E-state index in [1.807, 2.05) is 0 Å². The number of ketones is 1. The van der Waals surface area contributed by atoms with E-state index in [0.29, 0.717) is 36.9 Å². The van der Waals surface area contributed by atoms with Crippen LogP contribution in [0.3, 0.4) is 0 Å². The van der Waals surface area contributed by atoms with Gasteiger partial charge in [0.1, 0.15) is 11.6 Å². The zero-order valence-electron chi connectivity index (χ0n) is 19.1. The Morgan fingerprint density at radius 1 is 1.00 bits per heavy atom. The van der Waals surface area contributed by atoms with E-state index in [1.165, 1.54) is 38.5 Å². The van der Waals surface area contributed by atoms with Gasteiger partial charge in [0.05, 0.1) is 5.41 Å². The topological polar surface area (TPSA) is 61.2 Å². The first-order valence-electron chi connectivity index (χ1n) is 12.4. The van der Waals surface area contributed by atoms with Crippen molar-refractivity contribution >= 4 is 17.5 Å². The number of hydrogen-bond donors (Lipinski definition) is 1. The van der Waals surface area contributed by atoms with Crippen LogP contribution in [0, 0.1) is 16.7 Å². The summed E-state index contributed by atoms with van der Waals surface area (Å²) < 4.78 is 0. The standard InChI is InChI=1S/C25H44N2O2/c1-3-5-16-25(17-6-4-2)20-23(26)27(24(25)29)18-12-11-15-22(28)19-21-13-9-7-8-10-14-21/h21,26H,3-20H2,1-2H3. The molecule has 2 aliphatic rings. The van der Waals surface area contributed by atoms with E-state index >= 15 is 0 Å². The number of likely N-dealkylation sites (tertiary alicyclic amines) is 1. The summed E-state index contributed by atoms with van der Waals surface area (Å²) in [5, 5.41) is 8.41. The van der Waals surface area contributed by atoms with Crippen LogP contribution >= 0.6 is 0 Å². The second-order valence-corrected chi connectivity index (χ2v) is 9.63. The monoisotopic (exact) mass is 404 g/mol. The van der Waals surface area contributed by atoms with Crippen molar-refractivity contribution in [3.8, 4) is 0 Å². The number of amidine groups is 1. The molecule has 1 heterocycles. The summed E-state index contributed by atoms with van der Waals surface area (Å²) in [4.78, 5) is 27.3. The lowest BCUT2D eigenvalue weighted by Crippen LogP contribution is -2.36. The summed E-state index contributed by atoms with van der Waals surface area (Å²) in [6, 6.07) is 0. The zero-order valence-corrected chi connectivity index (χ0v) is 19.1. The third-order valence-corrected chi connectivity index (χ3v) is 7.13. The summed E-state index contributed by atoms with van der Waals surface area (Å²) in [7, 11) is 0. The normalized spacial score (nSPS) is 20.3. The molecule has 0 aromatic rings. The van der Waals surface area contributed by atoms with Crippen molar-refractivity contribution in [2.75, 3.05) is 6.54 Å². The van der Waals surface area contributed by atoms with E-state index in [4.69, 9.17) is 5.41 Å². The number of hydrogen-bond acceptors (Lipinski definition) is 3. The van der Waals surface area contributed by atoms with Crippen LogP contribution in [0.15, 0.2) is 0 Å². The average molecular weight is 405 g/mol. The van der Waals surface area contributed by atoms with Crippen LogP contribution in [0.2, 0.25) is 0 Å². The van der Waals surface area contributed by atoms with Gasteiger partial charge in [-0.1, -0.05) is 78.1 Å². The molecular formula is C25H44N2O2. The lowest BCUT2D eigenvalue weighted by Gasteiger charge is -2.27. The molecule has 2 rings (SSSR count). The molecule has 1 N–H and O–H groups in total. The molecule has 0 bridgehead atoms. The smallest absolute Gasteiger partial charge is 0.234 e. The largest absolute Gasteiger partial charge is 0.300 e. The molecule has 1 saturated carbocycles. The van der Waals surface area contributed by atoms with Crippen molar-refractivity contribution < 1.29 is 9.59 Å². The first kappa shape index (κ1) is 24.1. The van der Waals surface area contributed by atoms with E-state index < -0.39 is 0 Å². The Morgan fingerprint density at radius 3 is 2.21 bits per heavy atom. The molecule has 2 fully saturated rings. The molecule has 4 nitrogen and oxygen atoms in total. The number of nitrogens with one attached hydrogen (secondary N) is 1. The van der Waals surface area contributed by atoms with Crippen molar-refractivity contribution in [3.05, 3.63) is 0 Å². The Hall–Kier alpha value is -1.19. The number of carbonyl (C=O) groups excluding carboxylic acids is 2. The Morgan fingerprint density at radius 2 is 1.62 bits per heavy atom. The third-order valence-electron chi connectivity index (χ3n) is 7.13. The van der Waals surface area contributed by atoms with Gasteiger partial charge in [0.25, 0.3) is 0 Å². The Balaban J connectivity index is 1.76. The Labute approximate surface area is 178 Å². The SMILES string of the molecule is CCCCC1(CCCC)CC(=N)N(CCCCC(=O)CC2CCCCCC2)C1=O. The summed E-state index contributed by atoms with van der Waals surface area (Å²) in [6.45, 7) is 4.96. The van der Waals surface area contributed by atoms with Gasteiger partial charge in [0.2, 0.25) is 5.91 Å². The molecule has 1 saturated heterocycles. The quantitative estimate of drug-likeness (QED) is 0.275. The van der Waals surface area contributed by atoms with E-state index in [9.17, 15) is 9.59 Å². The van der Waals surface area contributed by atoms with Crippen LogP contribution in [0.25, 0.3) is 0 Å². The first-order valence-corrected chi connectivity index (χ1v) is 12.4. The maximum atomic E-state index is 13.2. The molecule has 0 spiro atoms. The van der Waals surface area contributed by atoms with Crippen LogP contribution in [-0.2, 0) is 9.59 Å². The molecule has 0 atom stereocenters. The van der Waals surface area contributed by atoms with Gasteiger partial charge in [-0.15, -0.1) is 0 Å². The fourth-order valence-electron chi connectivity index (χ4n) is 5.27. The van der Waals surface area contributed by atoms with E-state index in [1.54, 1.807) is 4.90 Å². The number of unbranched alkanes of at least 4 members (excludes halogenated alkanes) is 3. The molecule has 1 amide bonds. The van der Waals surface area contributed by atoms with Gasteiger partial charge in [0, 0.05) is 25.8 Å². The molecular weight excluding hydrogens is 360 g/mol. The summed E-state index contributed by atoms with van der Waals surface area (Å²) in [6.07, 6.45) is 17.5. The van der Waals surface area contributed by atoms with E-state index in [2.05, 4.69) is 13.8 Å². The highest BCUT2D eigenvalue weighted by Crippen LogP contribution is 2.42. The van der Waals surface area contributed by atoms with E-state index in [0.717, 1.165) is 57.8 Å². The Bertz CT molecular complexity index is 527. The molecule has 1 aliphatic carbocycles. The van der Waals surface area contributed by atoms with Crippen LogP contribution in [0.4, 0.5) is 0 Å². The van der Waals surface area contributed by atoms with Crippen LogP contribution in [-0.4, -0.2) is 29.0 Å². The minimum atomic E-state index is -0.321. The molecule has 1 aliphatic heterocycles. The van der Waals surface area contributed by atoms with Crippen LogP contribution in [0.5, 0.6) is 0 Å². The van der Waals surface area contributed by atoms with Gasteiger partial charge < -0.3 is 4.90 Å². The summed E-state index contributed by atoms with van der Waals surface area (Å²) >= 11 is 0. The zero-order chi connectivity index (χ0) is 21.1. The van der Waals surface area contributed by atoms with Crippen molar-refractivity contribution in [1.29, 1.82) is 5.41 Å². The number of rotatable bonds is 13. The van der Waals surface area contributed by atoms with Crippen LogP contribution in [0.1, 0.15) is 123 Å². The third kappa shape index (κ3) is 7.22. The number of carbonyl (C=O) groups is 2. The number of nitrogens with zero attached hydrogens (tertiary/aromatic N) is 1. The molecule has 0 radical (unpaired) electrons. The maximum absolute atomic E-state index is 13.2. The van der Waals surface area contributed by atoms with Gasteiger partial charge in [-0.2, -0.15) is 0 Å². The van der Waals surface area contributed by atoms with Gasteiger partial charge in [0.15, 0.2) is 0 Å². The molecule has 4 heteroatoms. The van der Waals surface area contributed by atoms with Gasteiger partial charge in [-0.3, -0.25) is 15.0 Å². The predicted molar refractivity (Wildman–Crippen MR) is 120 cm³/mol. The van der Waals surface area contributed by atoms with Crippen molar-refractivity contribution in [3.63, 3.8) is 0 Å². The molecule has 0 aromatic heterocycles. The van der Waals surface area contributed by atoms with Crippen LogP contribution < -0.4 is 0 Å². The molecule has 0 unspecified atom stereocenters. The Kier molecular flexibility index (Phi) is 10.4. The van der Waals surface area contributed by atoms with Gasteiger partial charge in [-0.25, -0.2) is 0 Å². The number of amides is 1. The first-order chi connectivity index (χ1) is 14.0. The van der Waals surface area contributed by atoms with Crippen molar-refractivity contribution in [2.45, 2.75) is 123 Å². The molecule has 29 heavy (non-hydrogen) atoms. The second kappa shape index (κ2) is 12.5. The maximum Gasteiger partial charge on any atom is 0.234 e. The number of Topliss-reactive ketones (excluding diaryl/α,β-unsaturated/α-hetero) is 1. The predicted octanol–water partition coefficient (Wildman–Crippen LogP) is 6.66. The fourth-order valence-corrected chi connectivity index (χ4v) is 5.27.